The lowest BCUT2D eigenvalue weighted by molar-refractivity contribution is -0.137. The number of likely N-dealkylation sites (N-methyl/N-ethyl adjacent to an activating group) is 1. The number of benzene rings is 1. The zero-order chi connectivity index (χ0) is 16.6. The topological polar surface area (TPSA) is 32.7 Å². The predicted octanol–water partition coefficient (Wildman–Crippen LogP) is 3.57. The molecule has 1 rings (SSSR count). The lowest BCUT2D eigenvalue weighted by Gasteiger charge is -2.20. The molecule has 1 aromatic rings. The van der Waals surface area contributed by atoms with Crippen LogP contribution in [-0.4, -0.2) is 42.9 Å². The van der Waals surface area contributed by atoms with Crippen LogP contribution in [0.1, 0.15) is 31.7 Å². The monoisotopic (exact) mass is 319 g/mol. The van der Waals surface area contributed by atoms with Crippen molar-refractivity contribution in [3.63, 3.8) is 0 Å². The highest BCUT2D eigenvalue weighted by molar-refractivity contribution is 5.28. The Bertz CT molecular complexity index is 420. The molecule has 3 nitrogen and oxygen atoms in total. The minimum atomic E-state index is -4.35. The van der Waals surface area contributed by atoms with E-state index in [1.165, 1.54) is 12.1 Å². The van der Waals surface area contributed by atoms with Gasteiger partial charge in [-0.25, -0.2) is 0 Å². The minimum Gasteiger partial charge on any atom is -0.491 e. The molecule has 0 saturated carbocycles. The van der Waals surface area contributed by atoms with E-state index in [-0.39, 0.29) is 6.61 Å². The Morgan fingerprint density at radius 1 is 1.18 bits per heavy atom. The summed E-state index contributed by atoms with van der Waals surface area (Å²) in [7, 11) is 1.93. The average molecular weight is 319 g/mol. The van der Waals surface area contributed by atoms with E-state index in [0.717, 1.165) is 37.9 Å². The molecule has 1 N–H and O–H groups in total. The molecule has 0 fully saturated rings. The van der Waals surface area contributed by atoms with Gasteiger partial charge in [-0.05, 0) is 44.3 Å². The number of halogens is 3. The number of ether oxygens (including phenoxy) is 1. The van der Waals surface area contributed by atoms with Crippen molar-refractivity contribution in [3.8, 4) is 5.75 Å². The zero-order valence-corrected chi connectivity index (χ0v) is 13.1. The molecule has 0 saturated heterocycles. The Labute approximate surface area is 129 Å². The SMILES string of the molecule is CCCCCN(C)CC(O)COc1ccc(C(F)(F)F)cc1. The number of aliphatic hydroxyl groups is 1. The van der Waals surface area contributed by atoms with Gasteiger partial charge in [-0.2, -0.15) is 13.2 Å². The van der Waals surface area contributed by atoms with E-state index in [1.54, 1.807) is 0 Å². The zero-order valence-electron chi connectivity index (χ0n) is 13.1. The van der Waals surface area contributed by atoms with E-state index >= 15 is 0 Å². The smallest absolute Gasteiger partial charge is 0.416 e. The minimum absolute atomic E-state index is 0.0590. The van der Waals surface area contributed by atoms with Crippen LogP contribution in [0.15, 0.2) is 24.3 Å². The maximum atomic E-state index is 12.4. The van der Waals surface area contributed by atoms with Crippen molar-refractivity contribution < 1.29 is 23.0 Å². The molecule has 6 heteroatoms. The van der Waals surface area contributed by atoms with Gasteiger partial charge in [0.05, 0.1) is 5.56 Å². The molecule has 0 spiro atoms. The molecule has 0 heterocycles. The Kier molecular flexibility index (Phi) is 7.68. The molecular weight excluding hydrogens is 295 g/mol. The van der Waals surface area contributed by atoms with Gasteiger partial charge in [0, 0.05) is 6.54 Å². The molecular formula is C16H24F3NO2. The fraction of sp³-hybridized carbons (Fsp3) is 0.625. The van der Waals surface area contributed by atoms with Gasteiger partial charge in [0.15, 0.2) is 0 Å². The van der Waals surface area contributed by atoms with Crippen molar-refractivity contribution in [3.05, 3.63) is 29.8 Å². The molecule has 0 aromatic heterocycles. The van der Waals surface area contributed by atoms with E-state index in [2.05, 4.69) is 6.92 Å². The third kappa shape index (κ3) is 7.13. The predicted molar refractivity (Wildman–Crippen MR) is 80.0 cm³/mol. The van der Waals surface area contributed by atoms with Crippen molar-refractivity contribution in [2.45, 2.75) is 38.5 Å². The van der Waals surface area contributed by atoms with Crippen LogP contribution in [-0.2, 0) is 6.18 Å². The van der Waals surface area contributed by atoms with Gasteiger partial charge in [0.1, 0.15) is 18.5 Å². The number of alkyl halides is 3. The van der Waals surface area contributed by atoms with Gasteiger partial charge >= 0.3 is 6.18 Å². The number of aliphatic hydroxyl groups excluding tert-OH is 1. The molecule has 0 bridgehead atoms. The van der Waals surface area contributed by atoms with Crippen LogP contribution < -0.4 is 4.74 Å². The van der Waals surface area contributed by atoms with Crippen molar-refractivity contribution in [2.75, 3.05) is 26.7 Å². The standard InChI is InChI=1S/C16H24F3NO2/c1-3-4-5-10-20(2)11-14(21)12-22-15-8-6-13(7-9-15)16(17,18)19/h6-9,14,21H,3-5,10-12H2,1-2H3. The maximum Gasteiger partial charge on any atom is 0.416 e. The van der Waals surface area contributed by atoms with Crippen molar-refractivity contribution in [1.29, 1.82) is 0 Å². The van der Waals surface area contributed by atoms with Gasteiger partial charge < -0.3 is 14.7 Å². The lowest BCUT2D eigenvalue weighted by atomic mass is 10.2. The first-order valence-electron chi connectivity index (χ1n) is 7.49. The van der Waals surface area contributed by atoms with Crippen LogP contribution in [0, 0.1) is 0 Å². The number of rotatable bonds is 9. The van der Waals surface area contributed by atoms with Gasteiger partial charge in [0.25, 0.3) is 0 Å². The Morgan fingerprint density at radius 3 is 2.36 bits per heavy atom. The second kappa shape index (κ2) is 9.00. The summed E-state index contributed by atoms with van der Waals surface area (Å²) in [5, 5.41) is 9.87. The normalized spacial score (nSPS) is 13.4. The van der Waals surface area contributed by atoms with E-state index in [0.29, 0.717) is 12.3 Å². The fourth-order valence-electron chi connectivity index (χ4n) is 2.07. The second-order valence-electron chi connectivity index (χ2n) is 5.46. The summed E-state index contributed by atoms with van der Waals surface area (Å²) in [5.74, 6) is 0.320. The number of unbranched alkanes of at least 4 members (excludes halogenated alkanes) is 2. The molecule has 0 amide bonds. The summed E-state index contributed by atoms with van der Waals surface area (Å²) in [4.78, 5) is 2.02. The summed E-state index contributed by atoms with van der Waals surface area (Å²) < 4.78 is 42.6. The first-order chi connectivity index (χ1) is 10.3. The Hall–Kier alpha value is -1.27. The number of nitrogens with zero attached hydrogens (tertiary/aromatic N) is 1. The molecule has 0 aliphatic rings. The molecule has 0 aliphatic heterocycles. The molecule has 0 radical (unpaired) electrons. The first-order valence-corrected chi connectivity index (χ1v) is 7.49. The molecule has 126 valence electrons. The van der Waals surface area contributed by atoms with Crippen molar-refractivity contribution in [2.24, 2.45) is 0 Å². The van der Waals surface area contributed by atoms with Crippen LogP contribution in [0.3, 0.4) is 0 Å². The van der Waals surface area contributed by atoms with Crippen LogP contribution in [0.2, 0.25) is 0 Å². The number of hydrogen-bond acceptors (Lipinski definition) is 3. The lowest BCUT2D eigenvalue weighted by Crippen LogP contribution is -2.33. The Balaban J connectivity index is 2.33. The van der Waals surface area contributed by atoms with E-state index in [1.807, 2.05) is 11.9 Å². The van der Waals surface area contributed by atoms with Crippen LogP contribution in [0.5, 0.6) is 5.75 Å². The van der Waals surface area contributed by atoms with Crippen molar-refractivity contribution >= 4 is 0 Å². The summed E-state index contributed by atoms with van der Waals surface area (Å²) in [6.45, 7) is 3.58. The summed E-state index contributed by atoms with van der Waals surface area (Å²) in [6.07, 6.45) is -1.64. The second-order valence-corrected chi connectivity index (χ2v) is 5.46. The van der Waals surface area contributed by atoms with E-state index in [4.69, 9.17) is 4.74 Å². The van der Waals surface area contributed by atoms with Gasteiger partial charge in [0.2, 0.25) is 0 Å². The van der Waals surface area contributed by atoms with Crippen molar-refractivity contribution in [1.82, 2.24) is 4.90 Å². The van der Waals surface area contributed by atoms with E-state index < -0.39 is 17.8 Å². The highest BCUT2D eigenvalue weighted by Gasteiger charge is 2.30. The molecule has 22 heavy (non-hydrogen) atoms. The molecule has 1 unspecified atom stereocenters. The van der Waals surface area contributed by atoms with Crippen LogP contribution in [0.4, 0.5) is 13.2 Å². The summed E-state index contributed by atoms with van der Waals surface area (Å²) >= 11 is 0. The first kappa shape index (κ1) is 18.8. The molecule has 1 aromatic carbocycles. The average Bonchev–Trinajstić information content (AvgIpc) is 2.45. The van der Waals surface area contributed by atoms with Gasteiger partial charge in [-0.1, -0.05) is 19.8 Å². The summed E-state index contributed by atoms with van der Waals surface area (Å²) in [5.41, 5.74) is -0.712. The summed E-state index contributed by atoms with van der Waals surface area (Å²) in [6, 6.07) is 4.47. The van der Waals surface area contributed by atoms with Crippen LogP contribution in [0.25, 0.3) is 0 Å². The molecule has 1 atom stereocenters. The fourth-order valence-corrected chi connectivity index (χ4v) is 2.07. The largest absolute Gasteiger partial charge is 0.491 e. The van der Waals surface area contributed by atoms with Gasteiger partial charge in [-0.3, -0.25) is 0 Å². The van der Waals surface area contributed by atoms with Gasteiger partial charge in [-0.15, -0.1) is 0 Å². The highest BCUT2D eigenvalue weighted by atomic mass is 19.4. The molecule has 0 aliphatic carbocycles. The quantitative estimate of drug-likeness (QED) is 0.706. The number of hydrogen-bond donors (Lipinski definition) is 1. The highest BCUT2D eigenvalue weighted by Crippen LogP contribution is 2.30. The maximum absolute atomic E-state index is 12.4. The van der Waals surface area contributed by atoms with E-state index in [9.17, 15) is 18.3 Å². The van der Waals surface area contributed by atoms with Crippen LogP contribution >= 0.6 is 0 Å². The Morgan fingerprint density at radius 2 is 1.82 bits per heavy atom. The third-order valence-electron chi connectivity index (χ3n) is 3.29. The third-order valence-corrected chi connectivity index (χ3v) is 3.29.